The molecule has 1 aliphatic rings. The van der Waals surface area contributed by atoms with Crippen molar-refractivity contribution in [3.05, 3.63) is 12.3 Å². The van der Waals surface area contributed by atoms with Crippen molar-refractivity contribution in [2.24, 2.45) is 0 Å². The van der Waals surface area contributed by atoms with Gasteiger partial charge >= 0.3 is 0 Å². The molecule has 0 aliphatic heterocycles. The van der Waals surface area contributed by atoms with Gasteiger partial charge in [0.25, 0.3) is 0 Å². The molecule has 0 heterocycles. The van der Waals surface area contributed by atoms with Gasteiger partial charge in [-0.3, -0.25) is 4.79 Å². The smallest absolute Gasteiger partial charge is 0.136 e. The molecule has 0 saturated heterocycles. The van der Waals surface area contributed by atoms with Crippen molar-refractivity contribution in [1.82, 2.24) is 0 Å². The molecule has 2 heteroatoms. The molecule has 1 unspecified atom stereocenters. The van der Waals surface area contributed by atoms with Crippen molar-refractivity contribution >= 4 is 5.78 Å². The molecule has 0 N–H and O–H groups in total. The third-order valence-electron chi connectivity index (χ3n) is 1.84. The van der Waals surface area contributed by atoms with Crippen molar-refractivity contribution in [1.29, 1.82) is 0 Å². The van der Waals surface area contributed by atoms with Crippen molar-refractivity contribution in [3.8, 4) is 0 Å². The summed E-state index contributed by atoms with van der Waals surface area (Å²) in [4.78, 5) is 10.9. The lowest BCUT2D eigenvalue weighted by Crippen LogP contribution is -2.20. The number of carbonyl (C=O) groups is 1. The quantitative estimate of drug-likeness (QED) is 0.569. The van der Waals surface area contributed by atoms with Crippen LogP contribution in [0.4, 0.5) is 0 Å². The second kappa shape index (κ2) is 4.16. The lowest BCUT2D eigenvalue weighted by Gasteiger charge is -2.19. The van der Waals surface area contributed by atoms with E-state index in [2.05, 4.69) is 0 Å². The maximum Gasteiger partial charge on any atom is 0.136 e. The zero-order valence-electron chi connectivity index (χ0n) is 6.88. The first-order chi connectivity index (χ1) is 5.33. The Morgan fingerprint density at radius 1 is 1.64 bits per heavy atom. The van der Waals surface area contributed by atoms with E-state index >= 15 is 0 Å². The van der Waals surface area contributed by atoms with Crippen molar-refractivity contribution < 1.29 is 9.53 Å². The van der Waals surface area contributed by atoms with E-state index in [-0.39, 0.29) is 6.10 Å². The third-order valence-corrected chi connectivity index (χ3v) is 1.84. The van der Waals surface area contributed by atoms with Crippen molar-refractivity contribution in [3.63, 3.8) is 0 Å². The van der Waals surface area contributed by atoms with E-state index < -0.39 is 0 Å². The van der Waals surface area contributed by atoms with Gasteiger partial charge in [0.1, 0.15) is 11.9 Å². The number of ketones is 1. The highest BCUT2D eigenvalue weighted by molar-refractivity contribution is 5.79. The molecule has 1 saturated carbocycles. The van der Waals surface area contributed by atoms with E-state index in [0.29, 0.717) is 12.2 Å². The van der Waals surface area contributed by atoms with Crippen LogP contribution in [0.5, 0.6) is 0 Å². The fourth-order valence-electron chi connectivity index (χ4n) is 1.29. The lowest BCUT2D eigenvalue weighted by molar-refractivity contribution is -0.123. The van der Waals surface area contributed by atoms with Gasteiger partial charge in [-0.05, 0) is 19.8 Å². The predicted molar refractivity (Wildman–Crippen MR) is 43.2 cm³/mol. The number of rotatable bonds is 2. The molecule has 0 amide bonds. The summed E-state index contributed by atoms with van der Waals surface area (Å²) in [5.41, 5.74) is 0. The predicted octanol–water partition coefficient (Wildman–Crippen LogP) is 2.05. The molecule has 62 valence electrons. The van der Waals surface area contributed by atoms with Crippen LogP contribution in [-0.2, 0) is 9.53 Å². The molecule has 0 aromatic rings. The summed E-state index contributed by atoms with van der Waals surface area (Å²) in [6.07, 6.45) is 7.02. The van der Waals surface area contributed by atoms with Gasteiger partial charge in [-0.1, -0.05) is 6.08 Å². The molecule has 0 radical (unpaired) electrons. The summed E-state index contributed by atoms with van der Waals surface area (Å²) in [5, 5.41) is 0. The molecule has 1 rings (SSSR count). The van der Waals surface area contributed by atoms with Crippen LogP contribution in [0.15, 0.2) is 12.3 Å². The molecule has 0 bridgehead atoms. The van der Waals surface area contributed by atoms with Gasteiger partial charge < -0.3 is 4.74 Å². The second-order valence-corrected chi connectivity index (χ2v) is 2.86. The van der Waals surface area contributed by atoms with Gasteiger partial charge in [-0.25, -0.2) is 0 Å². The Morgan fingerprint density at radius 2 is 2.45 bits per heavy atom. The molecule has 0 aromatic heterocycles. The van der Waals surface area contributed by atoms with Crippen LogP contribution in [0, 0.1) is 0 Å². The Hall–Kier alpha value is -0.790. The zero-order valence-corrected chi connectivity index (χ0v) is 6.88. The van der Waals surface area contributed by atoms with E-state index in [1.807, 2.05) is 13.0 Å². The largest absolute Gasteiger partial charge is 0.498 e. The first-order valence-electron chi connectivity index (χ1n) is 4.11. The van der Waals surface area contributed by atoms with Crippen LogP contribution >= 0.6 is 0 Å². The van der Waals surface area contributed by atoms with Gasteiger partial charge in [-0.15, -0.1) is 0 Å². The maximum absolute atomic E-state index is 10.9. The molecule has 2 nitrogen and oxygen atoms in total. The fraction of sp³-hybridized carbons (Fsp3) is 0.667. The number of carbonyl (C=O) groups excluding carboxylic acids is 1. The lowest BCUT2D eigenvalue weighted by atomic mass is 9.97. The molecular weight excluding hydrogens is 140 g/mol. The monoisotopic (exact) mass is 154 g/mol. The Kier molecular flexibility index (Phi) is 3.14. The van der Waals surface area contributed by atoms with E-state index in [4.69, 9.17) is 4.74 Å². The molecular formula is C9H14O2. The first-order valence-corrected chi connectivity index (χ1v) is 4.11. The minimum Gasteiger partial charge on any atom is -0.498 e. The SMILES string of the molecule is C/C=C/OC1CCCC(=O)C1. The molecule has 1 atom stereocenters. The number of allylic oxidation sites excluding steroid dienone is 1. The summed E-state index contributed by atoms with van der Waals surface area (Å²) in [6.45, 7) is 1.91. The topological polar surface area (TPSA) is 26.3 Å². The number of hydrogen-bond donors (Lipinski definition) is 0. The highest BCUT2D eigenvalue weighted by Gasteiger charge is 2.19. The Bertz CT molecular complexity index is 161. The van der Waals surface area contributed by atoms with E-state index in [0.717, 1.165) is 19.3 Å². The molecule has 1 fully saturated rings. The Balaban J connectivity index is 2.28. The highest BCUT2D eigenvalue weighted by atomic mass is 16.5. The minimum absolute atomic E-state index is 0.146. The first kappa shape index (κ1) is 8.31. The van der Waals surface area contributed by atoms with Crippen LogP contribution in [0.3, 0.4) is 0 Å². The van der Waals surface area contributed by atoms with Gasteiger partial charge in [0.15, 0.2) is 0 Å². The average molecular weight is 154 g/mol. The van der Waals surface area contributed by atoms with Crippen LogP contribution in [0.1, 0.15) is 32.6 Å². The number of ether oxygens (including phenoxy) is 1. The van der Waals surface area contributed by atoms with Gasteiger partial charge in [0, 0.05) is 12.8 Å². The van der Waals surface area contributed by atoms with E-state index in [1.54, 1.807) is 6.26 Å². The van der Waals surface area contributed by atoms with Gasteiger partial charge in [0.2, 0.25) is 0 Å². The standard InChI is InChI=1S/C9H14O2/c1-2-6-11-9-5-3-4-8(10)7-9/h2,6,9H,3-5,7H2,1H3/b6-2+. The molecule has 1 aliphatic carbocycles. The highest BCUT2D eigenvalue weighted by Crippen LogP contribution is 2.17. The summed E-state index contributed by atoms with van der Waals surface area (Å²) >= 11 is 0. The Morgan fingerprint density at radius 3 is 3.09 bits per heavy atom. The van der Waals surface area contributed by atoms with Crippen molar-refractivity contribution in [2.75, 3.05) is 0 Å². The zero-order chi connectivity index (χ0) is 8.10. The number of hydrogen-bond acceptors (Lipinski definition) is 2. The van der Waals surface area contributed by atoms with Crippen LogP contribution in [-0.4, -0.2) is 11.9 Å². The van der Waals surface area contributed by atoms with E-state index in [9.17, 15) is 4.79 Å². The van der Waals surface area contributed by atoms with Crippen LogP contribution in [0.25, 0.3) is 0 Å². The van der Waals surface area contributed by atoms with Crippen molar-refractivity contribution in [2.45, 2.75) is 38.7 Å². The summed E-state index contributed by atoms with van der Waals surface area (Å²) in [6, 6.07) is 0. The summed E-state index contributed by atoms with van der Waals surface area (Å²) in [5.74, 6) is 0.339. The van der Waals surface area contributed by atoms with Crippen LogP contribution < -0.4 is 0 Å². The normalized spacial score (nSPS) is 25.9. The summed E-state index contributed by atoms with van der Waals surface area (Å²) in [7, 11) is 0. The number of Topliss-reactive ketones (excluding diaryl/α,β-unsaturated/α-hetero) is 1. The second-order valence-electron chi connectivity index (χ2n) is 2.86. The molecule has 0 spiro atoms. The summed E-state index contributed by atoms with van der Waals surface area (Å²) < 4.78 is 5.30. The van der Waals surface area contributed by atoms with Gasteiger partial charge in [-0.2, -0.15) is 0 Å². The Labute approximate surface area is 67.2 Å². The third kappa shape index (κ3) is 2.74. The maximum atomic E-state index is 10.9. The van der Waals surface area contributed by atoms with E-state index in [1.165, 1.54) is 0 Å². The average Bonchev–Trinajstić information content (AvgIpc) is 2.01. The van der Waals surface area contributed by atoms with Crippen LogP contribution in [0.2, 0.25) is 0 Å². The molecule has 11 heavy (non-hydrogen) atoms. The van der Waals surface area contributed by atoms with Gasteiger partial charge in [0.05, 0.1) is 6.26 Å². The molecule has 0 aromatic carbocycles. The minimum atomic E-state index is 0.146. The fourth-order valence-corrected chi connectivity index (χ4v) is 1.29.